The molecule has 0 aliphatic rings. The molecule has 1 aromatic carbocycles. The first-order valence-corrected chi connectivity index (χ1v) is 7.07. The van der Waals surface area contributed by atoms with Gasteiger partial charge >= 0.3 is 5.97 Å². The Balaban J connectivity index is 1.82. The highest BCUT2D eigenvalue weighted by molar-refractivity contribution is 7.17. The van der Waals surface area contributed by atoms with Crippen LogP contribution in [0.25, 0.3) is 0 Å². The van der Waals surface area contributed by atoms with E-state index in [9.17, 15) is 14.4 Å². The molecule has 0 fully saturated rings. The molecule has 1 heterocycles. The van der Waals surface area contributed by atoms with Crippen molar-refractivity contribution in [1.29, 1.82) is 0 Å². The monoisotopic (exact) mass is 323 g/mol. The van der Waals surface area contributed by atoms with E-state index < -0.39 is 24.4 Å². The zero-order chi connectivity index (χ0) is 15.2. The number of carbonyl (C=O) groups is 3. The summed E-state index contributed by atoms with van der Waals surface area (Å²) in [5.41, 5.74) is 0.349. The lowest BCUT2D eigenvalue weighted by molar-refractivity contribution is -0.123. The van der Waals surface area contributed by atoms with Gasteiger partial charge in [0.05, 0.1) is 4.34 Å². The molecule has 2 rings (SSSR count). The number of hydrogen-bond acceptors (Lipinski definition) is 5. The van der Waals surface area contributed by atoms with E-state index in [0.717, 1.165) is 11.3 Å². The zero-order valence-electron chi connectivity index (χ0n) is 10.7. The van der Waals surface area contributed by atoms with Crippen molar-refractivity contribution in [2.45, 2.75) is 0 Å². The summed E-state index contributed by atoms with van der Waals surface area (Å²) >= 11 is 6.74. The first-order valence-electron chi connectivity index (χ1n) is 5.88. The third kappa shape index (κ3) is 4.40. The minimum Gasteiger partial charge on any atom is -0.451 e. The number of esters is 1. The second-order valence-electron chi connectivity index (χ2n) is 3.92. The molecule has 0 unspecified atom stereocenters. The predicted molar refractivity (Wildman–Crippen MR) is 78.5 cm³/mol. The number of thiophene rings is 1. The summed E-state index contributed by atoms with van der Waals surface area (Å²) in [6, 6.07) is 11.3. The lowest BCUT2D eigenvalue weighted by atomic mass is 10.2. The molecule has 1 N–H and O–H groups in total. The minimum atomic E-state index is -0.695. The van der Waals surface area contributed by atoms with Crippen LogP contribution in [-0.4, -0.2) is 24.4 Å². The quantitative estimate of drug-likeness (QED) is 0.877. The number of imide groups is 1. The van der Waals surface area contributed by atoms with Gasteiger partial charge in [0.15, 0.2) is 6.61 Å². The summed E-state index contributed by atoms with van der Waals surface area (Å²) in [7, 11) is 0. The summed E-state index contributed by atoms with van der Waals surface area (Å²) in [6.45, 7) is -0.535. The van der Waals surface area contributed by atoms with Gasteiger partial charge in [-0.15, -0.1) is 11.3 Å². The van der Waals surface area contributed by atoms with Crippen LogP contribution in [0.2, 0.25) is 4.34 Å². The van der Waals surface area contributed by atoms with Gasteiger partial charge < -0.3 is 4.74 Å². The molecule has 1 aromatic heterocycles. The van der Waals surface area contributed by atoms with E-state index in [4.69, 9.17) is 16.3 Å². The number of carbonyl (C=O) groups excluding carboxylic acids is 3. The third-order valence-electron chi connectivity index (χ3n) is 2.40. The topological polar surface area (TPSA) is 72.5 Å². The molecule has 108 valence electrons. The van der Waals surface area contributed by atoms with Crippen LogP contribution >= 0.6 is 22.9 Å². The average Bonchev–Trinajstić information content (AvgIpc) is 2.92. The number of halogens is 1. The molecule has 2 aromatic rings. The molecule has 0 aliphatic carbocycles. The van der Waals surface area contributed by atoms with E-state index in [-0.39, 0.29) is 0 Å². The molecule has 0 aliphatic heterocycles. The molecular formula is C14H10ClNO4S. The molecule has 21 heavy (non-hydrogen) atoms. The van der Waals surface area contributed by atoms with Gasteiger partial charge in [-0.1, -0.05) is 29.8 Å². The second kappa shape index (κ2) is 7.01. The molecule has 0 radical (unpaired) electrons. The molecule has 2 amide bonds. The Labute approximate surface area is 129 Å². The van der Waals surface area contributed by atoms with Crippen LogP contribution < -0.4 is 5.32 Å². The second-order valence-corrected chi connectivity index (χ2v) is 5.64. The summed E-state index contributed by atoms with van der Waals surface area (Å²) < 4.78 is 5.24. The van der Waals surface area contributed by atoms with Crippen LogP contribution in [0.4, 0.5) is 0 Å². The highest BCUT2D eigenvalue weighted by atomic mass is 35.5. The maximum atomic E-state index is 11.7. The Morgan fingerprint density at radius 2 is 1.81 bits per heavy atom. The van der Waals surface area contributed by atoms with Gasteiger partial charge in [0.25, 0.3) is 11.8 Å². The number of hydrogen-bond donors (Lipinski definition) is 1. The number of rotatable bonds is 4. The van der Waals surface area contributed by atoms with Gasteiger partial charge in [-0.2, -0.15) is 0 Å². The Hall–Kier alpha value is -2.18. The highest BCUT2D eigenvalue weighted by Crippen LogP contribution is 2.21. The van der Waals surface area contributed by atoms with E-state index in [2.05, 4.69) is 5.32 Å². The summed E-state index contributed by atoms with van der Waals surface area (Å²) in [6.07, 6.45) is 0. The fourth-order valence-corrected chi connectivity index (χ4v) is 2.39. The third-order valence-corrected chi connectivity index (χ3v) is 3.61. The maximum absolute atomic E-state index is 11.7. The van der Waals surface area contributed by atoms with Gasteiger partial charge in [-0.3, -0.25) is 14.9 Å². The van der Waals surface area contributed by atoms with Crippen molar-refractivity contribution in [1.82, 2.24) is 5.32 Å². The average molecular weight is 324 g/mol. The Kier molecular flexibility index (Phi) is 5.08. The van der Waals surface area contributed by atoms with Gasteiger partial charge in [-0.05, 0) is 24.3 Å². The Bertz CT molecular complexity index is 669. The van der Waals surface area contributed by atoms with E-state index in [0.29, 0.717) is 14.8 Å². The summed E-state index contributed by atoms with van der Waals surface area (Å²) in [5, 5.41) is 2.13. The SMILES string of the molecule is O=C(COC(=O)c1ccc(Cl)s1)NC(=O)c1ccccc1. The van der Waals surface area contributed by atoms with Crippen molar-refractivity contribution < 1.29 is 19.1 Å². The van der Waals surface area contributed by atoms with Crippen molar-refractivity contribution in [3.63, 3.8) is 0 Å². The zero-order valence-corrected chi connectivity index (χ0v) is 12.2. The molecule has 5 nitrogen and oxygen atoms in total. The number of ether oxygens (including phenoxy) is 1. The van der Waals surface area contributed by atoms with Crippen molar-refractivity contribution in [2.24, 2.45) is 0 Å². The van der Waals surface area contributed by atoms with Gasteiger partial charge in [0.2, 0.25) is 0 Å². The smallest absolute Gasteiger partial charge is 0.348 e. The van der Waals surface area contributed by atoms with Gasteiger partial charge in [0, 0.05) is 5.56 Å². The first-order chi connectivity index (χ1) is 10.1. The van der Waals surface area contributed by atoms with Crippen molar-refractivity contribution >= 4 is 40.7 Å². The summed E-state index contributed by atoms with van der Waals surface area (Å²) in [4.78, 5) is 35.1. The van der Waals surface area contributed by atoms with Crippen molar-refractivity contribution in [3.8, 4) is 0 Å². The van der Waals surface area contributed by atoms with E-state index in [1.165, 1.54) is 6.07 Å². The normalized spacial score (nSPS) is 9.95. The van der Waals surface area contributed by atoms with Crippen LogP contribution in [0.3, 0.4) is 0 Å². The fourth-order valence-electron chi connectivity index (χ4n) is 1.45. The van der Waals surface area contributed by atoms with Crippen LogP contribution in [0.1, 0.15) is 20.0 Å². The van der Waals surface area contributed by atoms with Gasteiger partial charge in [-0.25, -0.2) is 4.79 Å². The van der Waals surface area contributed by atoms with E-state index in [1.807, 2.05) is 0 Å². The highest BCUT2D eigenvalue weighted by Gasteiger charge is 2.14. The largest absolute Gasteiger partial charge is 0.451 e. The molecule has 0 bridgehead atoms. The van der Waals surface area contributed by atoms with Crippen LogP contribution in [0, 0.1) is 0 Å². The maximum Gasteiger partial charge on any atom is 0.348 e. The standard InChI is InChI=1S/C14H10ClNO4S/c15-11-7-6-10(21-11)14(19)20-8-12(17)16-13(18)9-4-2-1-3-5-9/h1-7H,8H2,(H,16,17,18). The molecule has 0 atom stereocenters. The van der Waals surface area contributed by atoms with Crippen LogP contribution in [0.15, 0.2) is 42.5 Å². The molecule has 0 spiro atoms. The fraction of sp³-hybridized carbons (Fsp3) is 0.0714. The number of nitrogens with one attached hydrogen (secondary N) is 1. The lowest BCUT2D eigenvalue weighted by Gasteiger charge is -2.04. The summed E-state index contributed by atoms with van der Waals surface area (Å²) in [5.74, 6) is -1.90. The molecular weight excluding hydrogens is 314 g/mol. The predicted octanol–water partition coefficient (Wildman–Crippen LogP) is 2.51. The number of amides is 2. The molecule has 7 heteroatoms. The van der Waals surface area contributed by atoms with Crippen LogP contribution in [0.5, 0.6) is 0 Å². The van der Waals surface area contributed by atoms with Gasteiger partial charge in [0.1, 0.15) is 4.88 Å². The lowest BCUT2D eigenvalue weighted by Crippen LogP contribution is -2.34. The minimum absolute atomic E-state index is 0.294. The van der Waals surface area contributed by atoms with Crippen molar-refractivity contribution in [2.75, 3.05) is 6.61 Å². The molecule has 0 saturated carbocycles. The Morgan fingerprint density at radius 1 is 1.10 bits per heavy atom. The van der Waals surface area contributed by atoms with Crippen molar-refractivity contribution in [3.05, 3.63) is 57.2 Å². The number of benzene rings is 1. The van der Waals surface area contributed by atoms with Crippen LogP contribution in [-0.2, 0) is 9.53 Å². The van der Waals surface area contributed by atoms with E-state index >= 15 is 0 Å². The Morgan fingerprint density at radius 3 is 2.43 bits per heavy atom. The first kappa shape index (κ1) is 15.2. The molecule has 0 saturated heterocycles. The van der Waals surface area contributed by atoms with E-state index in [1.54, 1.807) is 36.4 Å².